The van der Waals surface area contributed by atoms with Gasteiger partial charge in [-0.05, 0) is 37.2 Å². The van der Waals surface area contributed by atoms with Gasteiger partial charge in [0.25, 0.3) is 0 Å². The van der Waals surface area contributed by atoms with Crippen molar-refractivity contribution in [1.82, 2.24) is 30.2 Å². The van der Waals surface area contributed by atoms with Gasteiger partial charge in [0.1, 0.15) is 10.0 Å². The molecule has 2 aromatic heterocycles. The van der Waals surface area contributed by atoms with E-state index < -0.39 is 11.8 Å². The fourth-order valence-corrected chi connectivity index (χ4v) is 4.55. The van der Waals surface area contributed by atoms with E-state index in [2.05, 4.69) is 20.6 Å². The van der Waals surface area contributed by atoms with E-state index in [1.807, 2.05) is 19.4 Å². The predicted octanol–water partition coefficient (Wildman–Crippen LogP) is 1.56. The van der Waals surface area contributed by atoms with Gasteiger partial charge in [-0.1, -0.05) is 17.8 Å². The summed E-state index contributed by atoms with van der Waals surface area (Å²) in [4.78, 5) is 26.3. The summed E-state index contributed by atoms with van der Waals surface area (Å²) in [6.45, 7) is 1.45. The highest BCUT2D eigenvalue weighted by Crippen LogP contribution is 2.37. The number of nitrogens with zero attached hydrogens (tertiary/aromatic N) is 5. The van der Waals surface area contributed by atoms with Gasteiger partial charge in [-0.2, -0.15) is 5.10 Å². The summed E-state index contributed by atoms with van der Waals surface area (Å²) < 4.78 is 1.80. The highest BCUT2D eigenvalue weighted by atomic mass is 32.1. The molecule has 1 saturated heterocycles. The predicted molar refractivity (Wildman–Crippen MR) is 100 cm³/mol. The van der Waals surface area contributed by atoms with Crippen LogP contribution in [0.1, 0.15) is 59.5 Å². The van der Waals surface area contributed by atoms with Crippen molar-refractivity contribution in [3.8, 4) is 0 Å². The molecular formula is C18H24N6O2S. The van der Waals surface area contributed by atoms with E-state index in [1.165, 1.54) is 36.2 Å². The van der Waals surface area contributed by atoms with Crippen LogP contribution in [0, 0.1) is 0 Å². The smallest absolute Gasteiger partial charge is 0.311 e. The lowest BCUT2D eigenvalue weighted by Crippen LogP contribution is -2.46. The monoisotopic (exact) mass is 388 g/mol. The number of carbonyl (C=O) groups excluding carboxylic acids is 2. The molecule has 27 heavy (non-hydrogen) atoms. The summed E-state index contributed by atoms with van der Waals surface area (Å²) in [5.41, 5.74) is 1.20. The van der Waals surface area contributed by atoms with Crippen LogP contribution >= 0.6 is 11.3 Å². The summed E-state index contributed by atoms with van der Waals surface area (Å²) in [5, 5.41) is 17.0. The van der Waals surface area contributed by atoms with Crippen molar-refractivity contribution >= 4 is 23.2 Å². The maximum atomic E-state index is 12.4. The van der Waals surface area contributed by atoms with Crippen LogP contribution < -0.4 is 5.32 Å². The molecule has 0 bridgehead atoms. The topological polar surface area (TPSA) is 93.0 Å². The van der Waals surface area contributed by atoms with Crippen molar-refractivity contribution in [2.75, 3.05) is 13.1 Å². The summed E-state index contributed by atoms with van der Waals surface area (Å²) in [7, 11) is 1.90. The van der Waals surface area contributed by atoms with Crippen molar-refractivity contribution in [3.05, 3.63) is 28.0 Å². The lowest BCUT2D eigenvalue weighted by atomic mass is 9.86. The number of piperidine rings is 1. The number of hydrogen-bond acceptors (Lipinski definition) is 6. The largest absolute Gasteiger partial charge is 0.341 e. The Morgan fingerprint density at radius 3 is 2.59 bits per heavy atom. The fourth-order valence-electron chi connectivity index (χ4n) is 3.60. The van der Waals surface area contributed by atoms with Crippen molar-refractivity contribution in [3.63, 3.8) is 0 Å². The van der Waals surface area contributed by atoms with Crippen LogP contribution in [-0.4, -0.2) is 49.8 Å². The first-order chi connectivity index (χ1) is 13.1. The van der Waals surface area contributed by atoms with Crippen molar-refractivity contribution in [2.45, 2.75) is 50.5 Å². The molecule has 0 spiro atoms. The normalized spacial score (nSPS) is 18.3. The Morgan fingerprint density at radius 1 is 1.19 bits per heavy atom. The second-order valence-corrected chi connectivity index (χ2v) is 8.45. The van der Waals surface area contributed by atoms with E-state index in [1.54, 1.807) is 9.58 Å². The fraction of sp³-hybridized carbons (Fsp3) is 0.611. The van der Waals surface area contributed by atoms with Crippen molar-refractivity contribution in [2.24, 2.45) is 7.05 Å². The van der Waals surface area contributed by atoms with Gasteiger partial charge < -0.3 is 10.2 Å². The highest BCUT2D eigenvalue weighted by Gasteiger charge is 2.28. The van der Waals surface area contributed by atoms with Crippen LogP contribution in [0.15, 0.2) is 12.4 Å². The first-order valence-electron chi connectivity index (χ1n) is 9.48. The first-order valence-corrected chi connectivity index (χ1v) is 10.3. The zero-order chi connectivity index (χ0) is 18.8. The molecule has 4 rings (SSSR count). The SMILES string of the molecule is Cn1cc(C2CCN(C(=O)C(=O)NCc3nnc(C4CCC4)s3)CC2)cn1. The van der Waals surface area contributed by atoms with Crippen LogP contribution in [0.3, 0.4) is 0 Å². The number of likely N-dealkylation sites (tertiary alicyclic amines) is 1. The van der Waals surface area contributed by atoms with Gasteiger partial charge >= 0.3 is 11.8 Å². The van der Waals surface area contributed by atoms with Crippen molar-refractivity contribution in [1.29, 1.82) is 0 Å². The molecule has 1 saturated carbocycles. The zero-order valence-corrected chi connectivity index (χ0v) is 16.2. The van der Waals surface area contributed by atoms with Crippen LogP contribution in [0.2, 0.25) is 0 Å². The molecule has 2 fully saturated rings. The summed E-state index contributed by atoms with van der Waals surface area (Å²) >= 11 is 1.54. The third-order valence-electron chi connectivity index (χ3n) is 5.51. The van der Waals surface area contributed by atoms with E-state index in [9.17, 15) is 9.59 Å². The Labute approximate surface area is 162 Å². The highest BCUT2D eigenvalue weighted by molar-refractivity contribution is 7.11. The molecule has 2 amide bonds. The maximum absolute atomic E-state index is 12.4. The number of nitrogens with one attached hydrogen (secondary N) is 1. The van der Waals surface area contributed by atoms with Gasteiger partial charge in [0.15, 0.2) is 0 Å². The van der Waals surface area contributed by atoms with E-state index >= 15 is 0 Å². The van der Waals surface area contributed by atoms with Crippen LogP contribution in [0.25, 0.3) is 0 Å². The van der Waals surface area contributed by atoms with Gasteiger partial charge in [0.2, 0.25) is 0 Å². The number of aromatic nitrogens is 4. The third kappa shape index (κ3) is 4.02. The third-order valence-corrected chi connectivity index (χ3v) is 6.60. The van der Waals surface area contributed by atoms with E-state index in [0.29, 0.717) is 24.9 Å². The molecule has 3 heterocycles. The van der Waals surface area contributed by atoms with Gasteiger partial charge in [0, 0.05) is 32.3 Å². The number of aryl methyl sites for hydroxylation is 1. The Morgan fingerprint density at radius 2 is 1.96 bits per heavy atom. The number of carbonyl (C=O) groups is 2. The summed E-state index contributed by atoms with van der Waals surface area (Å²) in [6, 6.07) is 0. The van der Waals surface area contributed by atoms with Crippen LogP contribution in [-0.2, 0) is 23.2 Å². The minimum atomic E-state index is -0.560. The first kappa shape index (κ1) is 18.1. The summed E-state index contributed by atoms with van der Waals surface area (Å²) in [6.07, 6.45) is 9.21. The molecule has 0 aromatic carbocycles. The van der Waals surface area contributed by atoms with Crippen molar-refractivity contribution < 1.29 is 9.59 Å². The molecule has 144 valence electrons. The molecule has 9 heteroatoms. The van der Waals surface area contributed by atoms with Gasteiger partial charge in [-0.25, -0.2) is 0 Å². The van der Waals surface area contributed by atoms with E-state index in [-0.39, 0.29) is 6.54 Å². The Bertz CT molecular complexity index is 819. The number of amides is 2. The van der Waals surface area contributed by atoms with Gasteiger partial charge in [-0.3, -0.25) is 14.3 Å². The van der Waals surface area contributed by atoms with Crippen LogP contribution in [0.5, 0.6) is 0 Å². The maximum Gasteiger partial charge on any atom is 0.311 e. The Balaban J connectivity index is 1.24. The van der Waals surface area contributed by atoms with Gasteiger partial charge in [-0.15, -0.1) is 10.2 Å². The molecule has 0 atom stereocenters. The molecule has 1 N–H and O–H groups in total. The molecule has 0 unspecified atom stereocenters. The minimum Gasteiger partial charge on any atom is -0.341 e. The average Bonchev–Trinajstić information content (AvgIpc) is 3.27. The second-order valence-electron chi connectivity index (χ2n) is 7.36. The Hall–Kier alpha value is -2.29. The molecule has 8 nitrogen and oxygen atoms in total. The molecule has 2 aliphatic rings. The average molecular weight is 388 g/mol. The summed E-state index contributed by atoms with van der Waals surface area (Å²) in [5.74, 6) is -0.0783. The molecule has 1 aliphatic heterocycles. The standard InChI is InChI=1S/C18H24N6O2S/c1-23-11-14(9-20-23)12-5-7-24(8-6-12)18(26)16(25)19-10-15-21-22-17(27-15)13-3-2-4-13/h9,11-13H,2-8,10H2,1H3,(H,19,25). The lowest BCUT2D eigenvalue weighted by Gasteiger charge is -2.31. The molecule has 1 aliphatic carbocycles. The lowest BCUT2D eigenvalue weighted by molar-refractivity contribution is -0.146. The van der Waals surface area contributed by atoms with Crippen LogP contribution in [0.4, 0.5) is 0 Å². The van der Waals surface area contributed by atoms with E-state index in [4.69, 9.17) is 0 Å². The molecule has 2 aromatic rings. The quantitative estimate of drug-likeness (QED) is 0.803. The molecule has 0 radical (unpaired) electrons. The van der Waals surface area contributed by atoms with E-state index in [0.717, 1.165) is 22.9 Å². The number of hydrogen-bond donors (Lipinski definition) is 1. The Kier molecular flexibility index (Phi) is 5.20. The second kappa shape index (κ2) is 7.75. The molecular weight excluding hydrogens is 364 g/mol. The van der Waals surface area contributed by atoms with Gasteiger partial charge in [0.05, 0.1) is 12.7 Å². The minimum absolute atomic E-state index is 0.265. The zero-order valence-electron chi connectivity index (χ0n) is 15.4. The number of rotatable bonds is 4.